The Hall–Kier alpha value is -4.15. The lowest BCUT2D eigenvalue weighted by Gasteiger charge is -2.34. The third-order valence-corrected chi connectivity index (χ3v) is 5.66. The summed E-state index contributed by atoms with van der Waals surface area (Å²) in [6, 6.07) is 6.71. The lowest BCUT2D eigenvalue weighted by atomic mass is 9.83. The molecule has 0 unspecified atom stereocenters. The van der Waals surface area contributed by atoms with Crippen LogP contribution in [0.3, 0.4) is 0 Å². The molecule has 0 radical (unpaired) electrons. The summed E-state index contributed by atoms with van der Waals surface area (Å²) in [7, 11) is 1.75. The van der Waals surface area contributed by atoms with E-state index >= 15 is 0 Å². The molecular weight excluding hydrogens is 418 g/mol. The predicted molar refractivity (Wildman–Crippen MR) is 114 cm³/mol. The molecule has 2 aromatic carbocycles. The fourth-order valence-electron chi connectivity index (χ4n) is 4.24. The van der Waals surface area contributed by atoms with Gasteiger partial charge in [0.1, 0.15) is 23.8 Å². The number of hydrogen-bond donors (Lipinski definition) is 3. The third-order valence-electron chi connectivity index (χ3n) is 5.66. The summed E-state index contributed by atoms with van der Waals surface area (Å²) in [5, 5.41) is 18.5. The Bertz CT molecular complexity index is 1410. The lowest BCUT2D eigenvalue weighted by Crippen LogP contribution is -2.30. The highest BCUT2D eigenvalue weighted by molar-refractivity contribution is 5.97. The second-order valence-corrected chi connectivity index (χ2v) is 7.50. The van der Waals surface area contributed by atoms with E-state index < -0.39 is 29.2 Å². The van der Waals surface area contributed by atoms with E-state index in [2.05, 4.69) is 42.8 Å². The molecular formula is C21H18F2N8O. The highest BCUT2D eigenvalue weighted by Crippen LogP contribution is 2.46. The number of hydrazone groups is 1. The molecule has 9 nitrogen and oxygen atoms in total. The minimum absolute atomic E-state index is 0.150. The van der Waals surface area contributed by atoms with E-state index in [1.54, 1.807) is 23.9 Å². The summed E-state index contributed by atoms with van der Waals surface area (Å²) in [6.07, 6.45) is 1.42. The average Bonchev–Trinajstić information content (AvgIpc) is 3.20. The number of halogens is 2. The molecule has 5 rings (SSSR count). The van der Waals surface area contributed by atoms with Gasteiger partial charge < -0.3 is 10.7 Å². The van der Waals surface area contributed by atoms with Crippen LogP contribution >= 0.6 is 0 Å². The Morgan fingerprint density at radius 1 is 1.28 bits per heavy atom. The third kappa shape index (κ3) is 3.09. The summed E-state index contributed by atoms with van der Waals surface area (Å²) in [5.41, 5.74) is 4.21. The van der Waals surface area contributed by atoms with Crippen molar-refractivity contribution in [1.82, 2.24) is 30.4 Å². The maximum Gasteiger partial charge on any atom is 0.272 e. The molecule has 0 saturated carbocycles. The van der Waals surface area contributed by atoms with Crippen LogP contribution in [0.25, 0.3) is 10.8 Å². The van der Waals surface area contributed by atoms with Crippen LogP contribution in [-0.4, -0.2) is 31.7 Å². The maximum atomic E-state index is 14.4. The topological polar surface area (TPSA) is 113 Å². The van der Waals surface area contributed by atoms with Crippen molar-refractivity contribution in [3.8, 4) is 0 Å². The van der Waals surface area contributed by atoms with Crippen LogP contribution in [0.15, 0.2) is 46.6 Å². The Balaban J connectivity index is 1.75. The molecule has 32 heavy (non-hydrogen) atoms. The zero-order valence-electron chi connectivity index (χ0n) is 16.9. The van der Waals surface area contributed by atoms with Crippen LogP contribution in [0.5, 0.6) is 0 Å². The number of nitrogens with one attached hydrogen (secondary N) is 3. The summed E-state index contributed by atoms with van der Waals surface area (Å²) >= 11 is 0. The molecule has 0 fully saturated rings. The van der Waals surface area contributed by atoms with Crippen molar-refractivity contribution in [3.05, 3.63) is 81.3 Å². The van der Waals surface area contributed by atoms with E-state index in [4.69, 9.17) is 0 Å². The van der Waals surface area contributed by atoms with Gasteiger partial charge in [0.05, 0.1) is 29.6 Å². The normalized spacial score (nSPS) is 17.2. The molecule has 4 aromatic rings. The van der Waals surface area contributed by atoms with E-state index in [-0.39, 0.29) is 11.9 Å². The molecule has 1 aliphatic rings. The van der Waals surface area contributed by atoms with Gasteiger partial charge in [0.2, 0.25) is 0 Å². The molecule has 0 saturated heterocycles. The van der Waals surface area contributed by atoms with Gasteiger partial charge in [-0.05, 0) is 29.8 Å². The molecule has 2 aromatic heterocycles. The summed E-state index contributed by atoms with van der Waals surface area (Å²) in [5.74, 6) is -0.870. The van der Waals surface area contributed by atoms with Gasteiger partial charge in [-0.1, -0.05) is 6.07 Å². The Morgan fingerprint density at radius 3 is 2.88 bits per heavy atom. The molecule has 11 heteroatoms. The SMILES string of the molecule is C=NNCc1cc([C@@H]2Nc3cc(F)cc4c(=O)[nH]nc(c34)[C@H]2c2ncnn2C)ccc1F. The van der Waals surface area contributed by atoms with Gasteiger partial charge in [-0.2, -0.15) is 15.3 Å². The lowest BCUT2D eigenvalue weighted by molar-refractivity contribution is 0.558. The minimum atomic E-state index is -0.556. The van der Waals surface area contributed by atoms with Crippen molar-refractivity contribution in [2.45, 2.75) is 18.5 Å². The standard InChI is InChI=1S/C21H18F2N8O/c1-24-26-8-11-5-10(3-4-14(11)23)18-17(20-25-9-27-31(20)2)19-16-13(21(32)30-29-19)6-12(22)7-15(16)28-18/h3-7,9,17-18,26,28H,1,8H2,2H3,(H,30,32)/t17-,18-/m0/s1. The second kappa shape index (κ2) is 7.52. The van der Waals surface area contributed by atoms with Crippen molar-refractivity contribution in [2.24, 2.45) is 12.1 Å². The molecule has 3 heterocycles. The van der Waals surface area contributed by atoms with Crippen LogP contribution in [0.1, 0.15) is 34.6 Å². The van der Waals surface area contributed by atoms with Crippen molar-refractivity contribution < 1.29 is 8.78 Å². The Labute approximate surface area is 180 Å². The highest BCUT2D eigenvalue weighted by atomic mass is 19.1. The first-order valence-electron chi connectivity index (χ1n) is 9.77. The van der Waals surface area contributed by atoms with Crippen molar-refractivity contribution in [2.75, 3.05) is 5.32 Å². The van der Waals surface area contributed by atoms with Gasteiger partial charge >= 0.3 is 0 Å². The van der Waals surface area contributed by atoms with E-state index in [0.717, 1.165) is 5.56 Å². The molecule has 0 aliphatic carbocycles. The Kier molecular flexibility index (Phi) is 4.65. The largest absolute Gasteiger partial charge is 0.376 e. The molecule has 0 bridgehead atoms. The van der Waals surface area contributed by atoms with Crippen LogP contribution in [0, 0.1) is 11.6 Å². The Morgan fingerprint density at radius 2 is 2.12 bits per heavy atom. The molecule has 0 amide bonds. The van der Waals surface area contributed by atoms with Crippen molar-refractivity contribution in [3.63, 3.8) is 0 Å². The van der Waals surface area contributed by atoms with Crippen LogP contribution in [0.4, 0.5) is 14.5 Å². The molecule has 0 spiro atoms. The van der Waals surface area contributed by atoms with Crippen molar-refractivity contribution >= 4 is 23.2 Å². The van der Waals surface area contributed by atoms with E-state index in [1.807, 2.05) is 0 Å². The van der Waals surface area contributed by atoms with Crippen molar-refractivity contribution in [1.29, 1.82) is 0 Å². The van der Waals surface area contributed by atoms with Gasteiger partial charge in [-0.15, -0.1) is 0 Å². The van der Waals surface area contributed by atoms with Gasteiger partial charge in [-0.25, -0.2) is 18.9 Å². The molecule has 3 N–H and O–H groups in total. The van der Waals surface area contributed by atoms with Crippen LogP contribution in [-0.2, 0) is 13.6 Å². The first kappa shape index (κ1) is 19.8. The van der Waals surface area contributed by atoms with Gasteiger partial charge in [-0.3, -0.25) is 9.48 Å². The smallest absolute Gasteiger partial charge is 0.272 e. The summed E-state index contributed by atoms with van der Waals surface area (Å²) < 4.78 is 30.3. The zero-order chi connectivity index (χ0) is 22.4. The van der Waals surface area contributed by atoms with Crippen LogP contribution in [0.2, 0.25) is 0 Å². The number of aromatic nitrogens is 5. The summed E-state index contributed by atoms with van der Waals surface area (Å²) in [6.45, 7) is 3.50. The number of rotatable bonds is 5. The monoisotopic (exact) mass is 436 g/mol. The molecule has 162 valence electrons. The quantitative estimate of drug-likeness (QED) is 0.327. The fraction of sp³-hybridized carbons (Fsp3) is 0.190. The van der Waals surface area contributed by atoms with Gasteiger partial charge in [0, 0.05) is 30.4 Å². The maximum absolute atomic E-state index is 14.4. The molecule has 1 aliphatic heterocycles. The number of anilines is 1. The summed E-state index contributed by atoms with van der Waals surface area (Å²) in [4.78, 5) is 16.8. The number of H-pyrrole nitrogens is 1. The van der Waals surface area contributed by atoms with E-state index in [1.165, 1.54) is 24.5 Å². The molecule has 2 atom stereocenters. The predicted octanol–water partition coefficient (Wildman–Crippen LogP) is 2.33. The minimum Gasteiger partial charge on any atom is -0.376 e. The van der Waals surface area contributed by atoms with Gasteiger partial charge in [0.15, 0.2) is 0 Å². The van der Waals surface area contributed by atoms with E-state index in [9.17, 15) is 13.6 Å². The number of nitrogens with zero attached hydrogens (tertiary/aromatic N) is 5. The second-order valence-electron chi connectivity index (χ2n) is 7.50. The highest BCUT2D eigenvalue weighted by Gasteiger charge is 2.38. The number of hydrogen-bond acceptors (Lipinski definition) is 7. The number of aryl methyl sites for hydroxylation is 1. The average molecular weight is 436 g/mol. The van der Waals surface area contributed by atoms with Crippen LogP contribution < -0.4 is 16.3 Å². The van der Waals surface area contributed by atoms with Gasteiger partial charge in [0.25, 0.3) is 5.56 Å². The number of aromatic amines is 1. The fourth-order valence-corrected chi connectivity index (χ4v) is 4.24. The first-order chi connectivity index (χ1) is 15.5. The first-order valence-corrected chi connectivity index (χ1v) is 9.77. The zero-order valence-corrected chi connectivity index (χ0v) is 16.9. The number of benzene rings is 2. The van der Waals surface area contributed by atoms with E-state index in [0.29, 0.717) is 28.2 Å².